The van der Waals surface area contributed by atoms with E-state index in [1.807, 2.05) is 6.07 Å². The number of carboxylic acid groups (broad SMARTS) is 1. The summed E-state index contributed by atoms with van der Waals surface area (Å²) < 4.78 is 5.60. The minimum atomic E-state index is -1.11. The van der Waals surface area contributed by atoms with E-state index in [1.165, 1.54) is 41.5 Å². The number of nitrogens with zero attached hydrogens (tertiary/aromatic N) is 1. The Hall–Kier alpha value is -4.57. The zero-order valence-corrected chi connectivity index (χ0v) is 21.9. The van der Waals surface area contributed by atoms with Gasteiger partial charge in [-0.05, 0) is 59.5 Å². The van der Waals surface area contributed by atoms with E-state index in [9.17, 15) is 24.6 Å². The number of carbonyl (C=O) groups excluding carboxylic acids is 2. The van der Waals surface area contributed by atoms with Crippen molar-refractivity contribution in [2.75, 3.05) is 25.0 Å². The quantitative estimate of drug-likeness (QED) is 0.279. The third-order valence-electron chi connectivity index (χ3n) is 7.14. The fraction of sp³-hybridized carbons (Fsp3) is 0.300. The number of benzene rings is 3. The zero-order valence-electron chi connectivity index (χ0n) is 21.9. The molecule has 1 saturated heterocycles. The third kappa shape index (κ3) is 6.89. The lowest BCUT2D eigenvalue weighted by Crippen LogP contribution is -2.52. The maximum Gasteiger partial charge on any atom is 0.335 e. The number of likely N-dealkylation sites (tertiary alicyclic amines) is 1. The number of aromatic carboxylic acids is 1. The highest BCUT2D eigenvalue weighted by molar-refractivity contribution is 5.95. The van der Waals surface area contributed by atoms with Crippen LogP contribution in [0.2, 0.25) is 0 Å². The van der Waals surface area contributed by atoms with Crippen LogP contribution in [-0.2, 0) is 24.2 Å². The second kappa shape index (κ2) is 12.1. The molecule has 5 N–H and O–H groups in total. The van der Waals surface area contributed by atoms with Gasteiger partial charge in [-0.2, -0.15) is 0 Å². The summed E-state index contributed by atoms with van der Waals surface area (Å²) >= 11 is 0. The number of carbonyl (C=O) groups is 3. The van der Waals surface area contributed by atoms with Crippen LogP contribution in [0, 0.1) is 0 Å². The number of fused-ring (bicyclic) bond motifs is 1. The van der Waals surface area contributed by atoms with E-state index in [0.717, 1.165) is 43.9 Å². The molecule has 1 unspecified atom stereocenters. The summed E-state index contributed by atoms with van der Waals surface area (Å²) in [6, 6.07) is 17.0. The number of aromatic hydroxyl groups is 1. The Balaban J connectivity index is 1.21. The van der Waals surface area contributed by atoms with Crippen LogP contribution in [-0.4, -0.2) is 64.8 Å². The SMILES string of the molecule is O=C(Nc1cccc(C(=O)O)c1)N[C@@H](Cc1ccc(O)cc1)C(=O)NC1CCN(Cc2ccc3c(c2)CCO3)C1. The molecular weight excluding hydrogens is 512 g/mol. The summed E-state index contributed by atoms with van der Waals surface area (Å²) in [5.41, 5.74) is 3.55. The molecule has 0 radical (unpaired) electrons. The number of hydrogen-bond acceptors (Lipinski definition) is 6. The molecule has 3 amide bonds. The van der Waals surface area contributed by atoms with Crippen molar-refractivity contribution >= 4 is 23.6 Å². The van der Waals surface area contributed by atoms with Crippen molar-refractivity contribution < 1.29 is 29.3 Å². The average Bonchev–Trinajstić information content (AvgIpc) is 3.58. The second-order valence-electron chi connectivity index (χ2n) is 10.2. The van der Waals surface area contributed by atoms with Crippen LogP contribution in [0.4, 0.5) is 10.5 Å². The molecule has 10 nitrogen and oxygen atoms in total. The van der Waals surface area contributed by atoms with Gasteiger partial charge in [-0.25, -0.2) is 9.59 Å². The molecule has 3 aromatic carbocycles. The molecule has 10 heteroatoms. The van der Waals surface area contributed by atoms with Crippen LogP contribution in [0.15, 0.2) is 66.7 Å². The topological polar surface area (TPSA) is 140 Å². The molecule has 0 saturated carbocycles. The van der Waals surface area contributed by atoms with Crippen LogP contribution in [0.25, 0.3) is 0 Å². The number of anilines is 1. The number of carboxylic acids is 1. The van der Waals surface area contributed by atoms with Crippen molar-refractivity contribution in [3.8, 4) is 11.5 Å². The van der Waals surface area contributed by atoms with E-state index in [2.05, 4.69) is 33.0 Å². The number of rotatable bonds is 9. The molecular formula is C30H32N4O6. The number of amides is 3. The monoisotopic (exact) mass is 544 g/mol. The second-order valence-corrected chi connectivity index (χ2v) is 10.2. The van der Waals surface area contributed by atoms with Gasteiger partial charge < -0.3 is 30.9 Å². The lowest BCUT2D eigenvalue weighted by Gasteiger charge is -2.22. The van der Waals surface area contributed by atoms with Crippen molar-refractivity contribution in [2.45, 2.75) is 37.9 Å². The first-order valence-corrected chi connectivity index (χ1v) is 13.3. The Bertz CT molecular complexity index is 1390. The Morgan fingerprint density at radius 1 is 1.02 bits per heavy atom. The van der Waals surface area contributed by atoms with Crippen molar-refractivity contribution in [1.29, 1.82) is 0 Å². The molecule has 2 atom stereocenters. The fourth-order valence-corrected chi connectivity index (χ4v) is 5.12. The number of phenols is 1. The van der Waals surface area contributed by atoms with Gasteiger partial charge in [0.25, 0.3) is 0 Å². The first-order valence-electron chi connectivity index (χ1n) is 13.3. The maximum atomic E-state index is 13.4. The van der Waals surface area contributed by atoms with E-state index in [4.69, 9.17) is 4.74 Å². The lowest BCUT2D eigenvalue weighted by molar-refractivity contribution is -0.123. The minimum absolute atomic E-state index is 0.0372. The Morgan fingerprint density at radius 3 is 2.62 bits per heavy atom. The fourth-order valence-electron chi connectivity index (χ4n) is 5.12. The summed E-state index contributed by atoms with van der Waals surface area (Å²) in [6.45, 7) is 3.05. The molecule has 3 aromatic rings. The average molecular weight is 545 g/mol. The normalized spacial score (nSPS) is 16.9. The molecule has 1 fully saturated rings. The van der Waals surface area contributed by atoms with Gasteiger partial charge in [0.15, 0.2) is 0 Å². The van der Waals surface area contributed by atoms with E-state index in [1.54, 1.807) is 18.2 Å². The van der Waals surface area contributed by atoms with Crippen molar-refractivity contribution in [2.24, 2.45) is 0 Å². The molecule has 0 bridgehead atoms. The van der Waals surface area contributed by atoms with Crippen LogP contribution >= 0.6 is 0 Å². The summed E-state index contributed by atoms with van der Waals surface area (Å²) in [6.07, 6.45) is 1.93. The number of urea groups is 1. The van der Waals surface area contributed by atoms with E-state index < -0.39 is 18.0 Å². The summed E-state index contributed by atoms with van der Waals surface area (Å²) in [5, 5.41) is 27.3. The largest absolute Gasteiger partial charge is 0.508 e. The smallest absolute Gasteiger partial charge is 0.335 e. The van der Waals surface area contributed by atoms with Gasteiger partial charge in [0.05, 0.1) is 12.2 Å². The summed E-state index contributed by atoms with van der Waals surface area (Å²) in [7, 11) is 0. The number of hydrogen-bond donors (Lipinski definition) is 5. The van der Waals surface area contributed by atoms with Gasteiger partial charge in [0.1, 0.15) is 17.5 Å². The minimum Gasteiger partial charge on any atom is -0.508 e. The van der Waals surface area contributed by atoms with Gasteiger partial charge >= 0.3 is 12.0 Å². The van der Waals surface area contributed by atoms with Gasteiger partial charge in [-0.1, -0.05) is 30.3 Å². The first-order chi connectivity index (χ1) is 19.3. The van der Waals surface area contributed by atoms with Crippen molar-refractivity contribution in [3.63, 3.8) is 0 Å². The zero-order chi connectivity index (χ0) is 28.1. The highest BCUT2D eigenvalue weighted by Gasteiger charge is 2.28. The molecule has 0 spiro atoms. The van der Waals surface area contributed by atoms with Crippen molar-refractivity contribution in [3.05, 3.63) is 89.0 Å². The molecule has 5 rings (SSSR count). The van der Waals surface area contributed by atoms with Crippen LogP contribution in [0.1, 0.15) is 33.5 Å². The third-order valence-corrected chi connectivity index (χ3v) is 7.14. The Labute approximate surface area is 232 Å². The number of nitrogens with one attached hydrogen (secondary N) is 3. The van der Waals surface area contributed by atoms with Gasteiger partial charge in [0, 0.05) is 44.2 Å². The molecule has 2 aliphatic heterocycles. The van der Waals surface area contributed by atoms with E-state index in [-0.39, 0.29) is 29.7 Å². The number of phenolic OH excluding ortho intramolecular Hbond substituents is 1. The van der Waals surface area contributed by atoms with E-state index >= 15 is 0 Å². The highest BCUT2D eigenvalue weighted by Crippen LogP contribution is 2.27. The van der Waals surface area contributed by atoms with Gasteiger partial charge in [-0.3, -0.25) is 9.69 Å². The van der Waals surface area contributed by atoms with Crippen LogP contribution in [0.5, 0.6) is 11.5 Å². The van der Waals surface area contributed by atoms with Crippen LogP contribution in [0.3, 0.4) is 0 Å². The summed E-state index contributed by atoms with van der Waals surface area (Å²) in [5.74, 6) is -0.356. The van der Waals surface area contributed by atoms with Crippen LogP contribution < -0.4 is 20.7 Å². The molecule has 0 aromatic heterocycles. The first kappa shape index (κ1) is 27.0. The lowest BCUT2D eigenvalue weighted by atomic mass is 10.0. The molecule has 208 valence electrons. The predicted molar refractivity (Wildman–Crippen MR) is 149 cm³/mol. The molecule has 0 aliphatic carbocycles. The Morgan fingerprint density at radius 2 is 1.82 bits per heavy atom. The number of ether oxygens (including phenoxy) is 1. The van der Waals surface area contributed by atoms with E-state index in [0.29, 0.717) is 12.2 Å². The van der Waals surface area contributed by atoms with Gasteiger partial charge in [-0.15, -0.1) is 0 Å². The standard InChI is InChI=1S/C30H32N4O6/c35-25-7-4-19(5-8-25)15-26(33-30(39)32-23-3-1-2-22(16-23)29(37)38)28(36)31-24-10-12-34(18-24)17-20-6-9-27-21(14-20)11-13-40-27/h1-9,14,16,24,26,35H,10-13,15,17-18H2,(H,31,36)(H,37,38)(H2,32,33,39)/t24?,26-/m0/s1. The van der Waals surface area contributed by atoms with Crippen molar-refractivity contribution in [1.82, 2.24) is 15.5 Å². The highest BCUT2D eigenvalue weighted by atomic mass is 16.5. The predicted octanol–water partition coefficient (Wildman–Crippen LogP) is 3.15. The molecule has 2 heterocycles. The maximum absolute atomic E-state index is 13.4. The Kier molecular flexibility index (Phi) is 8.16. The van der Waals surface area contributed by atoms with Gasteiger partial charge in [0.2, 0.25) is 5.91 Å². The molecule has 40 heavy (non-hydrogen) atoms. The summed E-state index contributed by atoms with van der Waals surface area (Å²) in [4.78, 5) is 39.8. The molecule has 2 aliphatic rings.